The lowest BCUT2D eigenvalue weighted by Crippen LogP contribution is -2.36. The number of hydroxylamine groups is 1. The lowest BCUT2D eigenvalue weighted by atomic mass is 10.5. The largest absolute Gasteiger partial charge is 0.382 e. The Balaban J connectivity index is 2.48. The summed E-state index contributed by atoms with van der Waals surface area (Å²) in [7, 11) is 1.50. The zero-order chi connectivity index (χ0) is 12.7. The highest BCUT2D eigenvalue weighted by atomic mass is 16.7. The smallest absolute Gasteiger partial charge is 0.265 e. The summed E-state index contributed by atoms with van der Waals surface area (Å²) in [6.07, 6.45) is 0. The van der Waals surface area contributed by atoms with E-state index in [9.17, 15) is 14.4 Å². The number of nitrogens with zero attached hydrogens (tertiary/aromatic N) is 1. The summed E-state index contributed by atoms with van der Waals surface area (Å²) in [5.74, 6) is -0.551. The van der Waals surface area contributed by atoms with Gasteiger partial charge in [-0.15, -0.1) is 0 Å². The van der Waals surface area contributed by atoms with Crippen molar-refractivity contribution in [2.45, 2.75) is 6.54 Å². The quantitative estimate of drug-likeness (QED) is 0.454. The average molecular weight is 243 g/mol. The zero-order valence-corrected chi connectivity index (χ0v) is 9.26. The van der Waals surface area contributed by atoms with E-state index >= 15 is 0 Å². The molecule has 94 valence electrons. The number of methoxy groups -OCH3 is 1. The molecule has 2 N–H and O–H groups in total. The monoisotopic (exact) mass is 243 g/mol. The number of ether oxygens (including phenoxy) is 1. The maximum absolute atomic E-state index is 11.3. The van der Waals surface area contributed by atoms with Crippen LogP contribution in [0, 0.1) is 0 Å². The molecule has 0 atom stereocenters. The van der Waals surface area contributed by atoms with Crippen LogP contribution < -0.4 is 16.6 Å². The predicted octanol–water partition coefficient (Wildman–Crippen LogP) is -1.77. The number of hydrogen-bond donors (Lipinski definition) is 2. The van der Waals surface area contributed by atoms with Gasteiger partial charge in [0.2, 0.25) is 0 Å². The van der Waals surface area contributed by atoms with Crippen LogP contribution in [0.15, 0.2) is 21.7 Å². The SMILES string of the molecule is COCCONC(=O)Cn1[nH]c(=O)ccc1=O. The Morgan fingerprint density at radius 1 is 1.41 bits per heavy atom. The Kier molecular flexibility index (Phi) is 5.11. The summed E-state index contributed by atoms with van der Waals surface area (Å²) in [4.78, 5) is 38.2. The molecule has 0 unspecified atom stereocenters. The van der Waals surface area contributed by atoms with E-state index in [0.29, 0.717) is 6.61 Å². The van der Waals surface area contributed by atoms with Crippen LogP contribution in [0.3, 0.4) is 0 Å². The summed E-state index contributed by atoms with van der Waals surface area (Å²) in [6, 6.07) is 2.17. The fourth-order valence-corrected chi connectivity index (χ4v) is 1.01. The van der Waals surface area contributed by atoms with Crippen LogP contribution in [0.25, 0.3) is 0 Å². The summed E-state index contributed by atoms with van der Waals surface area (Å²) in [6.45, 7) is 0.215. The van der Waals surface area contributed by atoms with E-state index in [1.54, 1.807) is 0 Å². The molecule has 0 aliphatic rings. The number of rotatable bonds is 6. The van der Waals surface area contributed by atoms with Crippen molar-refractivity contribution in [2.24, 2.45) is 0 Å². The predicted molar refractivity (Wildman–Crippen MR) is 57.3 cm³/mol. The van der Waals surface area contributed by atoms with Crippen LogP contribution in [-0.4, -0.2) is 36.0 Å². The number of H-pyrrole nitrogens is 1. The van der Waals surface area contributed by atoms with Crippen LogP contribution >= 0.6 is 0 Å². The van der Waals surface area contributed by atoms with E-state index in [1.165, 1.54) is 7.11 Å². The molecule has 0 aliphatic heterocycles. The van der Waals surface area contributed by atoms with Gasteiger partial charge in [-0.2, -0.15) is 0 Å². The number of hydrogen-bond acceptors (Lipinski definition) is 5. The minimum atomic E-state index is -0.551. The molecule has 1 aromatic heterocycles. The van der Waals surface area contributed by atoms with Crippen molar-refractivity contribution in [1.29, 1.82) is 0 Å². The van der Waals surface area contributed by atoms with Crippen LogP contribution in [0.4, 0.5) is 0 Å². The van der Waals surface area contributed by atoms with Crippen molar-refractivity contribution in [2.75, 3.05) is 20.3 Å². The fraction of sp³-hybridized carbons (Fsp3) is 0.444. The minimum absolute atomic E-state index is 0.197. The summed E-state index contributed by atoms with van der Waals surface area (Å²) < 4.78 is 5.58. The van der Waals surface area contributed by atoms with Crippen molar-refractivity contribution in [3.63, 3.8) is 0 Å². The molecule has 0 saturated heterocycles. The van der Waals surface area contributed by atoms with Gasteiger partial charge in [0.05, 0.1) is 13.2 Å². The fourth-order valence-electron chi connectivity index (χ4n) is 1.01. The third kappa shape index (κ3) is 4.62. The Labute approximate surface area is 96.1 Å². The van der Waals surface area contributed by atoms with Gasteiger partial charge in [-0.1, -0.05) is 0 Å². The second-order valence-corrected chi connectivity index (χ2v) is 3.10. The first-order valence-corrected chi connectivity index (χ1v) is 4.83. The molecule has 0 aromatic carbocycles. The van der Waals surface area contributed by atoms with Gasteiger partial charge in [0, 0.05) is 19.2 Å². The topological polar surface area (TPSA) is 102 Å². The van der Waals surface area contributed by atoms with Gasteiger partial charge in [-0.3, -0.25) is 24.3 Å². The number of amides is 1. The highest BCUT2D eigenvalue weighted by molar-refractivity contribution is 5.74. The van der Waals surface area contributed by atoms with Crippen LogP contribution in [0.5, 0.6) is 0 Å². The van der Waals surface area contributed by atoms with Gasteiger partial charge in [-0.05, 0) is 0 Å². The standard InChI is InChI=1S/C9H13N3O5/c1-16-4-5-17-11-8(14)6-12-9(15)3-2-7(13)10-12/h2-3H,4-6H2,1H3,(H,10,13)(H,11,14). The molecular weight excluding hydrogens is 230 g/mol. The molecule has 1 aromatic rings. The van der Waals surface area contributed by atoms with E-state index in [4.69, 9.17) is 9.57 Å². The molecule has 1 amide bonds. The van der Waals surface area contributed by atoms with Gasteiger partial charge < -0.3 is 4.74 Å². The Bertz CT molecular complexity index is 478. The molecule has 0 radical (unpaired) electrons. The van der Waals surface area contributed by atoms with Crippen molar-refractivity contribution < 1.29 is 14.4 Å². The Hall–Kier alpha value is -1.93. The number of aromatic nitrogens is 2. The maximum Gasteiger partial charge on any atom is 0.265 e. The third-order valence-corrected chi connectivity index (χ3v) is 1.77. The second kappa shape index (κ2) is 6.61. The number of carbonyl (C=O) groups excluding carboxylic acids is 1. The molecule has 0 saturated carbocycles. The summed E-state index contributed by atoms with van der Waals surface area (Å²) >= 11 is 0. The van der Waals surface area contributed by atoms with E-state index in [2.05, 4.69) is 10.6 Å². The van der Waals surface area contributed by atoms with Gasteiger partial charge >= 0.3 is 0 Å². The van der Waals surface area contributed by atoms with Gasteiger partial charge in [0.15, 0.2) is 0 Å². The highest BCUT2D eigenvalue weighted by Crippen LogP contribution is 1.76. The molecular formula is C9H13N3O5. The van der Waals surface area contributed by atoms with Gasteiger partial charge in [0.25, 0.3) is 17.0 Å². The van der Waals surface area contributed by atoms with Crippen LogP contribution in [0.1, 0.15) is 0 Å². The molecule has 0 aliphatic carbocycles. The molecule has 8 nitrogen and oxygen atoms in total. The average Bonchev–Trinajstić information content (AvgIpc) is 2.29. The van der Waals surface area contributed by atoms with E-state index < -0.39 is 17.0 Å². The molecule has 0 fully saturated rings. The first kappa shape index (κ1) is 13.1. The summed E-state index contributed by atoms with van der Waals surface area (Å²) in [5.41, 5.74) is 1.18. The summed E-state index contributed by atoms with van der Waals surface area (Å²) in [5, 5.41) is 2.22. The van der Waals surface area contributed by atoms with Crippen molar-refractivity contribution >= 4 is 5.91 Å². The lowest BCUT2D eigenvalue weighted by Gasteiger charge is -2.06. The number of aromatic amines is 1. The van der Waals surface area contributed by atoms with Crippen LogP contribution in [-0.2, 0) is 20.9 Å². The molecule has 0 bridgehead atoms. The first-order chi connectivity index (χ1) is 8.13. The van der Waals surface area contributed by atoms with Gasteiger partial charge in [0.1, 0.15) is 6.54 Å². The van der Waals surface area contributed by atoms with E-state index in [-0.39, 0.29) is 13.2 Å². The Morgan fingerprint density at radius 2 is 2.18 bits per heavy atom. The lowest BCUT2D eigenvalue weighted by molar-refractivity contribution is -0.135. The normalized spacial score (nSPS) is 10.2. The minimum Gasteiger partial charge on any atom is -0.382 e. The number of carbonyl (C=O) groups is 1. The second-order valence-electron chi connectivity index (χ2n) is 3.10. The Morgan fingerprint density at radius 3 is 2.88 bits per heavy atom. The molecule has 17 heavy (non-hydrogen) atoms. The molecule has 1 rings (SSSR count). The van der Waals surface area contributed by atoms with Gasteiger partial charge in [-0.25, -0.2) is 10.2 Å². The maximum atomic E-state index is 11.3. The first-order valence-electron chi connectivity index (χ1n) is 4.83. The highest BCUT2D eigenvalue weighted by Gasteiger charge is 2.04. The van der Waals surface area contributed by atoms with Crippen LogP contribution in [0.2, 0.25) is 0 Å². The van der Waals surface area contributed by atoms with Crippen molar-refractivity contribution in [3.8, 4) is 0 Å². The molecule has 1 heterocycles. The third-order valence-electron chi connectivity index (χ3n) is 1.77. The number of nitrogens with one attached hydrogen (secondary N) is 2. The van der Waals surface area contributed by atoms with E-state index in [0.717, 1.165) is 16.8 Å². The van der Waals surface area contributed by atoms with Crippen molar-refractivity contribution in [3.05, 3.63) is 32.8 Å². The molecule has 8 heteroatoms. The zero-order valence-electron chi connectivity index (χ0n) is 9.26. The van der Waals surface area contributed by atoms with E-state index in [1.807, 2.05) is 0 Å². The van der Waals surface area contributed by atoms with Crippen molar-refractivity contribution in [1.82, 2.24) is 15.3 Å². The molecule has 0 spiro atoms.